The molecule has 5 aromatic rings. The van der Waals surface area contributed by atoms with Crippen molar-refractivity contribution in [3.8, 4) is 33.0 Å². The van der Waals surface area contributed by atoms with Crippen LogP contribution in [0.15, 0.2) is 109 Å². The molecule has 2 aromatic heterocycles. The first-order chi connectivity index (χ1) is 15.3. The van der Waals surface area contributed by atoms with Gasteiger partial charge >= 0.3 is 0 Å². The van der Waals surface area contributed by atoms with Gasteiger partial charge in [0, 0.05) is 16.1 Å². The number of rotatable bonds is 5. The van der Waals surface area contributed by atoms with Crippen LogP contribution < -0.4 is 5.32 Å². The van der Waals surface area contributed by atoms with Crippen molar-refractivity contribution >= 4 is 22.9 Å². The average molecular weight is 421 g/mol. The molecule has 0 saturated heterocycles. The van der Waals surface area contributed by atoms with E-state index in [1.807, 2.05) is 90.3 Å². The van der Waals surface area contributed by atoms with Crippen LogP contribution in [0.1, 0.15) is 10.4 Å². The minimum absolute atomic E-state index is 0.133. The molecule has 0 radical (unpaired) electrons. The van der Waals surface area contributed by atoms with Gasteiger partial charge in [-0.3, -0.25) is 4.79 Å². The number of hydrogen-bond donors (Lipinski definition) is 2. The van der Waals surface area contributed by atoms with E-state index < -0.39 is 0 Å². The monoisotopic (exact) mass is 420 g/mol. The minimum Gasteiger partial charge on any atom is -0.353 e. The molecule has 5 rings (SSSR count). The fourth-order valence-corrected chi connectivity index (χ4v) is 4.53. The van der Waals surface area contributed by atoms with Gasteiger partial charge in [0.1, 0.15) is 0 Å². The van der Waals surface area contributed by atoms with Crippen molar-refractivity contribution in [2.75, 3.05) is 5.32 Å². The molecular formula is C27H20N2OS. The van der Waals surface area contributed by atoms with Gasteiger partial charge < -0.3 is 10.3 Å². The summed E-state index contributed by atoms with van der Waals surface area (Å²) in [6, 6.07) is 33.8. The third-order valence-electron chi connectivity index (χ3n) is 5.15. The van der Waals surface area contributed by atoms with Gasteiger partial charge in [0.15, 0.2) is 0 Å². The van der Waals surface area contributed by atoms with E-state index in [-0.39, 0.29) is 5.91 Å². The SMILES string of the molecule is O=C(Nc1ccccc1)c1c(-c2ccccc2)[nH]c(-c2ccccc2)c1-c1cccs1. The molecule has 150 valence electrons. The van der Waals surface area contributed by atoms with Crippen molar-refractivity contribution in [3.63, 3.8) is 0 Å². The number of H-pyrrole nitrogens is 1. The lowest BCUT2D eigenvalue weighted by molar-refractivity contribution is 0.102. The molecule has 3 nitrogen and oxygen atoms in total. The zero-order valence-electron chi connectivity index (χ0n) is 16.7. The topological polar surface area (TPSA) is 44.9 Å². The molecule has 2 heterocycles. The number of aromatic amines is 1. The molecule has 0 saturated carbocycles. The van der Waals surface area contributed by atoms with E-state index in [9.17, 15) is 4.79 Å². The number of nitrogens with one attached hydrogen (secondary N) is 2. The smallest absolute Gasteiger partial charge is 0.258 e. The molecule has 0 aliphatic carbocycles. The Labute approximate surface area is 185 Å². The second kappa shape index (κ2) is 8.46. The maximum absolute atomic E-state index is 13.6. The van der Waals surface area contributed by atoms with E-state index in [2.05, 4.69) is 28.5 Å². The van der Waals surface area contributed by atoms with Gasteiger partial charge in [-0.05, 0) is 34.7 Å². The highest BCUT2D eigenvalue weighted by Gasteiger charge is 2.26. The fourth-order valence-electron chi connectivity index (χ4n) is 3.75. The highest BCUT2D eigenvalue weighted by molar-refractivity contribution is 7.13. The minimum atomic E-state index is -0.133. The van der Waals surface area contributed by atoms with Crippen LogP contribution in [-0.2, 0) is 0 Å². The van der Waals surface area contributed by atoms with Gasteiger partial charge in [-0.25, -0.2) is 0 Å². The van der Waals surface area contributed by atoms with Crippen LogP contribution in [0, 0.1) is 0 Å². The van der Waals surface area contributed by atoms with Crippen LogP contribution in [0.2, 0.25) is 0 Å². The number of carbonyl (C=O) groups excluding carboxylic acids is 1. The van der Waals surface area contributed by atoms with Crippen molar-refractivity contribution in [1.29, 1.82) is 0 Å². The lowest BCUT2D eigenvalue weighted by Crippen LogP contribution is -2.13. The summed E-state index contributed by atoms with van der Waals surface area (Å²) in [5, 5.41) is 5.12. The number of aromatic nitrogens is 1. The Balaban J connectivity index is 1.75. The van der Waals surface area contributed by atoms with Gasteiger partial charge in [-0.15, -0.1) is 11.3 Å². The first kappa shape index (κ1) is 19.1. The number of para-hydroxylation sites is 1. The Morgan fingerprint density at radius 1 is 0.677 bits per heavy atom. The number of benzene rings is 3. The van der Waals surface area contributed by atoms with E-state index >= 15 is 0 Å². The van der Waals surface area contributed by atoms with Crippen molar-refractivity contribution in [2.45, 2.75) is 0 Å². The summed E-state index contributed by atoms with van der Waals surface area (Å²) >= 11 is 1.63. The van der Waals surface area contributed by atoms with E-state index in [0.29, 0.717) is 5.56 Å². The molecule has 0 atom stereocenters. The predicted octanol–water partition coefficient (Wildman–Crippen LogP) is 7.33. The van der Waals surface area contributed by atoms with Gasteiger partial charge in [-0.2, -0.15) is 0 Å². The maximum Gasteiger partial charge on any atom is 0.258 e. The van der Waals surface area contributed by atoms with E-state index in [1.54, 1.807) is 11.3 Å². The van der Waals surface area contributed by atoms with Crippen molar-refractivity contribution in [1.82, 2.24) is 4.98 Å². The second-order valence-corrected chi connectivity index (χ2v) is 8.10. The summed E-state index contributed by atoms with van der Waals surface area (Å²) in [7, 11) is 0. The predicted molar refractivity (Wildman–Crippen MR) is 129 cm³/mol. The molecule has 0 aliphatic rings. The largest absolute Gasteiger partial charge is 0.353 e. The molecule has 0 bridgehead atoms. The normalized spacial score (nSPS) is 10.7. The van der Waals surface area contributed by atoms with Crippen molar-refractivity contribution in [3.05, 3.63) is 114 Å². The molecule has 1 amide bonds. The summed E-state index contributed by atoms with van der Waals surface area (Å²) < 4.78 is 0. The van der Waals surface area contributed by atoms with Crippen LogP contribution in [0.5, 0.6) is 0 Å². The van der Waals surface area contributed by atoms with Gasteiger partial charge in [0.2, 0.25) is 0 Å². The molecule has 3 aromatic carbocycles. The number of carbonyl (C=O) groups is 1. The van der Waals surface area contributed by atoms with Gasteiger partial charge in [-0.1, -0.05) is 84.9 Å². The lowest BCUT2D eigenvalue weighted by atomic mass is 9.99. The first-order valence-electron chi connectivity index (χ1n) is 10.1. The molecule has 2 N–H and O–H groups in total. The Morgan fingerprint density at radius 3 is 1.84 bits per heavy atom. The first-order valence-corrected chi connectivity index (χ1v) is 11.0. The van der Waals surface area contributed by atoms with Crippen LogP contribution in [0.25, 0.3) is 33.0 Å². The van der Waals surface area contributed by atoms with Gasteiger partial charge in [0.25, 0.3) is 5.91 Å². The number of anilines is 1. The van der Waals surface area contributed by atoms with E-state index in [1.165, 1.54) is 0 Å². The molecule has 0 fully saturated rings. The van der Waals surface area contributed by atoms with E-state index in [4.69, 9.17) is 0 Å². The summed E-state index contributed by atoms with van der Waals surface area (Å²) in [5.41, 5.74) is 6.12. The highest BCUT2D eigenvalue weighted by atomic mass is 32.1. The number of thiophene rings is 1. The Hall–Kier alpha value is -3.89. The molecular weight excluding hydrogens is 400 g/mol. The second-order valence-electron chi connectivity index (χ2n) is 7.15. The summed E-state index contributed by atoms with van der Waals surface area (Å²) in [6.07, 6.45) is 0. The van der Waals surface area contributed by atoms with Gasteiger partial charge in [0.05, 0.1) is 17.0 Å². The summed E-state index contributed by atoms with van der Waals surface area (Å²) in [5.74, 6) is -0.133. The Bertz CT molecular complexity index is 1290. The molecule has 0 spiro atoms. The van der Waals surface area contributed by atoms with Crippen LogP contribution in [-0.4, -0.2) is 10.9 Å². The number of hydrogen-bond acceptors (Lipinski definition) is 2. The molecule has 0 aliphatic heterocycles. The summed E-state index contributed by atoms with van der Waals surface area (Å²) in [6.45, 7) is 0. The Morgan fingerprint density at radius 2 is 1.26 bits per heavy atom. The van der Waals surface area contributed by atoms with Crippen LogP contribution >= 0.6 is 11.3 Å². The lowest BCUT2D eigenvalue weighted by Gasteiger charge is -2.09. The molecule has 4 heteroatoms. The van der Waals surface area contributed by atoms with E-state index in [0.717, 1.165) is 38.6 Å². The number of amides is 1. The zero-order valence-corrected chi connectivity index (χ0v) is 17.5. The zero-order chi connectivity index (χ0) is 21.0. The summed E-state index contributed by atoms with van der Waals surface area (Å²) in [4.78, 5) is 18.3. The third-order valence-corrected chi connectivity index (χ3v) is 6.04. The standard InChI is InChI=1S/C27H20N2OS/c30-27(28-21-15-8-3-9-16-21)24-23(22-17-10-18-31-22)25(19-11-4-1-5-12-19)29-26(24)20-13-6-2-7-14-20/h1-18,29H,(H,28,30). The fraction of sp³-hybridized carbons (Fsp3) is 0. The van der Waals surface area contributed by atoms with Crippen molar-refractivity contribution in [2.24, 2.45) is 0 Å². The average Bonchev–Trinajstić information content (AvgIpc) is 3.49. The van der Waals surface area contributed by atoms with Crippen molar-refractivity contribution < 1.29 is 4.79 Å². The highest BCUT2D eigenvalue weighted by Crippen LogP contribution is 2.42. The third kappa shape index (κ3) is 3.81. The maximum atomic E-state index is 13.6. The van der Waals surface area contributed by atoms with Crippen LogP contribution in [0.4, 0.5) is 5.69 Å². The van der Waals surface area contributed by atoms with Crippen LogP contribution in [0.3, 0.4) is 0 Å². The molecule has 31 heavy (non-hydrogen) atoms. The Kier molecular flexibility index (Phi) is 5.21. The quantitative estimate of drug-likeness (QED) is 0.307. The molecule has 0 unspecified atom stereocenters.